The van der Waals surface area contributed by atoms with E-state index in [1.165, 1.54) is 18.2 Å². The van der Waals surface area contributed by atoms with Crippen molar-refractivity contribution in [3.05, 3.63) is 48.3 Å². The van der Waals surface area contributed by atoms with E-state index in [1.54, 1.807) is 12.3 Å². The summed E-state index contributed by atoms with van der Waals surface area (Å²) < 4.78 is 20.4. The van der Waals surface area contributed by atoms with Crippen LogP contribution in [0.3, 0.4) is 0 Å². The second-order valence-electron chi connectivity index (χ2n) is 6.29. The van der Waals surface area contributed by atoms with Crippen molar-refractivity contribution in [2.75, 3.05) is 6.61 Å². The molecule has 1 aliphatic carbocycles. The van der Waals surface area contributed by atoms with Gasteiger partial charge in [-0.2, -0.15) is 0 Å². The number of nitrogens with one attached hydrogen (secondary N) is 1. The third-order valence-electron chi connectivity index (χ3n) is 4.55. The monoisotopic (exact) mass is 347 g/mol. The fraction of sp³-hybridized carbons (Fsp3) is 0.444. The molecule has 1 amide bonds. The summed E-state index contributed by atoms with van der Waals surface area (Å²) in [6.45, 7) is 1.67. The fourth-order valence-corrected chi connectivity index (χ4v) is 3.31. The van der Waals surface area contributed by atoms with E-state index in [4.69, 9.17) is 4.74 Å². The van der Waals surface area contributed by atoms with E-state index in [9.17, 15) is 14.3 Å². The molecule has 0 spiro atoms. The lowest BCUT2D eigenvalue weighted by Crippen LogP contribution is -2.50. The highest BCUT2D eigenvalue weighted by atomic mass is 19.1. The Bertz CT molecular complexity index is 734. The molecular formula is C18H22FN3O3. The molecule has 1 aliphatic rings. The number of aryl methyl sites for hydroxylation is 1. The Morgan fingerprint density at radius 3 is 3.04 bits per heavy atom. The van der Waals surface area contributed by atoms with Crippen LogP contribution in [-0.2, 0) is 4.79 Å². The molecule has 7 heteroatoms. The maximum atomic E-state index is 13.1. The van der Waals surface area contributed by atoms with Crippen LogP contribution in [0.25, 0.3) is 0 Å². The lowest BCUT2D eigenvalue weighted by atomic mass is 9.87. The van der Waals surface area contributed by atoms with Gasteiger partial charge in [0.2, 0.25) is 0 Å². The highest BCUT2D eigenvalue weighted by Gasteiger charge is 2.34. The molecule has 0 unspecified atom stereocenters. The number of halogens is 1. The van der Waals surface area contributed by atoms with Crippen molar-refractivity contribution in [2.24, 2.45) is 0 Å². The Balaban J connectivity index is 1.56. The molecule has 2 aromatic rings. The highest BCUT2D eigenvalue weighted by molar-refractivity contribution is 5.77. The minimum Gasteiger partial charge on any atom is -0.484 e. The Hall–Kier alpha value is -2.41. The number of rotatable bonds is 5. The van der Waals surface area contributed by atoms with Crippen LogP contribution in [0.1, 0.15) is 31.1 Å². The first-order valence-electron chi connectivity index (χ1n) is 8.40. The minimum absolute atomic E-state index is 0.106. The first-order chi connectivity index (χ1) is 12.0. The van der Waals surface area contributed by atoms with Gasteiger partial charge in [-0.15, -0.1) is 0 Å². The van der Waals surface area contributed by atoms with Crippen LogP contribution in [0.5, 0.6) is 5.75 Å². The van der Waals surface area contributed by atoms with Gasteiger partial charge in [0.15, 0.2) is 6.61 Å². The summed E-state index contributed by atoms with van der Waals surface area (Å²) in [5, 5.41) is 13.5. The number of hydrogen-bond acceptors (Lipinski definition) is 4. The van der Waals surface area contributed by atoms with E-state index in [0.29, 0.717) is 12.2 Å². The number of amides is 1. The van der Waals surface area contributed by atoms with Crippen molar-refractivity contribution in [3.63, 3.8) is 0 Å². The topological polar surface area (TPSA) is 76.4 Å². The first kappa shape index (κ1) is 17.4. The maximum Gasteiger partial charge on any atom is 0.258 e. The van der Waals surface area contributed by atoms with Gasteiger partial charge in [0, 0.05) is 18.5 Å². The standard InChI is InChI=1S/C18H22FN3O3/c1-12-20-8-9-22(12)16-7-3-6-15(18(16)24)21-17(23)11-25-14-5-2-4-13(19)10-14/h2,4-5,8-10,15-16,18,24H,3,6-7,11H2,1H3,(H,21,23)/t15-,16-,18-/m1/s1. The molecule has 0 bridgehead atoms. The Morgan fingerprint density at radius 1 is 1.48 bits per heavy atom. The second kappa shape index (κ2) is 7.65. The minimum atomic E-state index is -0.695. The van der Waals surface area contributed by atoms with Gasteiger partial charge in [-0.3, -0.25) is 4.79 Å². The van der Waals surface area contributed by atoms with E-state index in [0.717, 1.165) is 18.7 Å². The molecule has 1 fully saturated rings. The van der Waals surface area contributed by atoms with Gasteiger partial charge in [0.25, 0.3) is 5.91 Å². The third-order valence-corrected chi connectivity index (χ3v) is 4.55. The largest absolute Gasteiger partial charge is 0.484 e. The molecule has 3 rings (SSSR count). The van der Waals surface area contributed by atoms with Gasteiger partial charge in [-0.05, 0) is 38.3 Å². The summed E-state index contributed by atoms with van der Waals surface area (Å²) >= 11 is 0. The number of carbonyl (C=O) groups excluding carboxylic acids is 1. The van der Waals surface area contributed by atoms with Gasteiger partial charge in [0.1, 0.15) is 17.4 Å². The van der Waals surface area contributed by atoms with E-state index < -0.39 is 11.9 Å². The summed E-state index contributed by atoms with van der Waals surface area (Å²) in [5.41, 5.74) is 0. The molecule has 1 aromatic carbocycles. The van der Waals surface area contributed by atoms with Crippen LogP contribution < -0.4 is 10.1 Å². The SMILES string of the molecule is Cc1nccn1[C@@H]1CCC[C@@H](NC(=O)COc2cccc(F)c2)[C@H]1O. The van der Waals surface area contributed by atoms with Crippen LogP contribution in [0.4, 0.5) is 4.39 Å². The molecule has 1 heterocycles. The van der Waals surface area contributed by atoms with Gasteiger partial charge < -0.3 is 19.7 Å². The second-order valence-corrected chi connectivity index (χ2v) is 6.29. The number of aromatic nitrogens is 2. The van der Waals surface area contributed by atoms with Gasteiger partial charge in [-0.1, -0.05) is 6.07 Å². The molecular weight excluding hydrogens is 325 g/mol. The molecule has 0 radical (unpaired) electrons. The summed E-state index contributed by atoms with van der Waals surface area (Å²) in [5.74, 6) is 0.382. The Morgan fingerprint density at radius 2 is 2.32 bits per heavy atom. The normalized spacial score (nSPS) is 23.2. The van der Waals surface area contributed by atoms with Crippen molar-refractivity contribution in [1.82, 2.24) is 14.9 Å². The van der Waals surface area contributed by atoms with Crippen LogP contribution in [-0.4, -0.2) is 39.3 Å². The molecule has 134 valence electrons. The van der Waals surface area contributed by atoms with E-state index in [-0.39, 0.29) is 24.6 Å². The zero-order valence-corrected chi connectivity index (χ0v) is 14.1. The highest BCUT2D eigenvalue weighted by Crippen LogP contribution is 2.29. The number of aliphatic hydroxyl groups is 1. The molecule has 1 saturated carbocycles. The number of carbonyl (C=O) groups is 1. The molecule has 25 heavy (non-hydrogen) atoms. The number of ether oxygens (including phenoxy) is 1. The number of nitrogens with zero attached hydrogens (tertiary/aromatic N) is 2. The van der Waals surface area contributed by atoms with Crippen LogP contribution in [0.2, 0.25) is 0 Å². The quantitative estimate of drug-likeness (QED) is 0.867. The maximum absolute atomic E-state index is 13.1. The Labute approximate surface area is 145 Å². The molecule has 1 aromatic heterocycles. The lowest BCUT2D eigenvalue weighted by molar-refractivity contribution is -0.125. The third kappa shape index (κ3) is 4.17. The number of hydrogen-bond donors (Lipinski definition) is 2. The predicted octanol–water partition coefficient (Wildman–Crippen LogP) is 1.98. The van der Waals surface area contributed by atoms with Gasteiger partial charge in [-0.25, -0.2) is 9.37 Å². The van der Waals surface area contributed by atoms with E-state index >= 15 is 0 Å². The van der Waals surface area contributed by atoms with Gasteiger partial charge >= 0.3 is 0 Å². The summed E-state index contributed by atoms with van der Waals surface area (Å²) in [6.07, 6.45) is 5.30. The molecule has 3 atom stereocenters. The average molecular weight is 347 g/mol. The van der Waals surface area contributed by atoms with Crippen molar-refractivity contribution in [2.45, 2.75) is 44.4 Å². The van der Waals surface area contributed by atoms with Crippen molar-refractivity contribution >= 4 is 5.91 Å². The molecule has 0 saturated heterocycles. The zero-order chi connectivity index (χ0) is 17.8. The predicted molar refractivity (Wildman–Crippen MR) is 89.7 cm³/mol. The van der Waals surface area contributed by atoms with Crippen molar-refractivity contribution < 1.29 is 19.0 Å². The number of imidazole rings is 1. The number of aliphatic hydroxyl groups excluding tert-OH is 1. The smallest absolute Gasteiger partial charge is 0.258 e. The van der Waals surface area contributed by atoms with E-state index in [1.807, 2.05) is 17.7 Å². The van der Waals surface area contributed by atoms with Crippen molar-refractivity contribution in [3.8, 4) is 5.75 Å². The number of benzene rings is 1. The summed E-state index contributed by atoms with van der Waals surface area (Å²) in [4.78, 5) is 16.3. The van der Waals surface area contributed by atoms with Crippen LogP contribution in [0.15, 0.2) is 36.7 Å². The zero-order valence-electron chi connectivity index (χ0n) is 14.1. The Kier molecular flexibility index (Phi) is 5.33. The lowest BCUT2D eigenvalue weighted by Gasteiger charge is -2.36. The molecule has 2 N–H and O–H groups in total. The van der Waals surface area contributed by atoms with Crippen molar-refractivity contribution in [1.29, 1.82) is 0 Å². The molecule has 6 nitrogen and oxygen atoms in total. The average Bonchev–Trinajstić information content (AvgIpc) is 3.01. The van der Waals surface area contributed by atoms with E-state index in [2.05, 4.69) is 10.3 Å². The van der Waals surface area contributed by atoms with Crippen LogP contribution >= 0.6 is 0 Å². The fourth-order valence-electron chi connectivity index (χ4n) is 3.31. The molecule has 0 aliphatic heterocycles. The summed E-state index contributed by atoms with van der Waals surface area (Å²) in [6, 6.07) is 5.19. The van der Waals surface area contributed by atoms with Gasteiger partial charge in [0.05, 0.1) is 18.2 Å². The summed E-state index contributed by atoms with van der Waals surface area (Å²) in [7, 11) is 0. The first-order valence-corrected chi connectivity index (χ1v) is 8.40. The van der Waals surface area contributed by atoms with Crippen LogP contribution in [0, 0.1) is 12.7 Å².